The van der Waals surface area contributed by atoms with Crippen molar-refractivity contribution in [1.29, 1.82) is 0 Å². The lowest BCUT2D eigenvalue weighted by Gasteiger charge is -2.37. The van der Waals surface area contributed by atoms with Gasteiger partial charge in [0.05, 0.1) is 16.3 Å². The molecule has 0 aromatic heterocycles. The van der Waals surface area contributed by atoms with E-state index < -0.39 is 15.8 Å². The number of rotatable bonds is 6. The second kappa shape index (κ2) is 9.88. The van der Waals surface area contributed by atoms with Crippen molar-refractivity contribution in [3.8, 4) is 0 Å². The molecule has 2 aromatic carbocycles. The molecule has 14 nitrogen and oxygen atoms in total. The largest absolute Gasteiger partial charge is 0.769 e. The fraction of sp³-hybridized carbons (Fsp3) is 0. The number of nitro benzene ring substituents is 1. The van der Waals surface area contributed by atoms with Gasteiger partial charge in [0.2, 0.25) is 0 Å². The van der Waals surface area contributed by atoms with Crippen LogP contribution in [-0.4, -0.2) is 25.8 Å². The summed E-state index contributed by atoms with van der Waals surface area (Å²) in [5, 5.41) is 69.7. The van der Waals surface area contributed by atoms with Gasteiger partial charge in [-0.15, -0.1) is 10.5 Å². The van der Waals surface area contributed by atoms with Gasteiger partial charge in [-0.25, -0.2) is 0 Å². The minimum absolute atomic E-state index is 0.0927. The van der Waals surface area contributed by atoms with Crippen LogP contribution in [0.3, 0.4) is 0 Å². The minimum Gasteiger partial charge on any atom is -0.769 e. The van der Waals surface area contributed by atoms with Crippen LogP contribution in [0.5, 0.6) is 0 Å². The van der Waals surface area contributed by atoms with E-state index in [0.29, 0.717) is 5.69 Å². The highest BCUT2D eigenvalue weighted by atomic mass is 16.8. The standard InChI is InChI=1S/C22H18N6O8/c29-25(30)17-1-3-19(21(13-17)27(33)34)23-9-5-15(6-10-23)16-7-11-24(12-8-16)20-4-2-18(26(31)32)14-22(20)28(35)36/h1-14,29-30,33-34H/q-2. The summed E-state index contributed by atoms with van der Waals surface area (Å²) in [4.78, 5) is 13.8. The quantitative estimate of drug-likeness (QED) is 0.330. The van der Waals surface area contributed by atoms with Crippen molar-refractivity contribution in [2.24, 2.45) is 0 Å². The van der Waals surface area contributed by atoms with Gasteiger partial charge in [-0.3, -0.25) is 30.9 Å². The average Bonchev–Trinajstić information content (AvgIpc) is 2.88. The molecular weight excluding hydrogens is 476 g/mol. The molecule has 0 amide bonds. The third-order valence-corrected chi connectivity index (χ3v) is 5.32. The maximum Gasteiger partial charge on any atom is 0.295 e. The van der Waals surface area contributed by atoms with E-state index in [0.717, 1.165) is 23.3 Å². The normalized spacial score (nSPS) is 14.5. The monoisotopic (exact) mass is 494 g/mol. The van der Waals surface area contributed by atoms with E-state index in [-0.39, 0.29) is 33.2 Å². The van der Waals surface area contributed by atoms with Gasteiger partial charge in [-0.1, -0.05) is 0 Å². The van der Waals surface area contributed by atoms with Crippen LogP contribution in [0.4, 0.5) is 34.1 Å². The summed E-state index contributed by atoms with van der Waals surface area (Å²) in [5.74, 6) is 0. The molecule has 4 N–H and O–H groups in total. The van der Waals surface area contributed by atoms with Crippen LogP contribution in [0, 0.1) is 20.5 Å². The zero-order valence-electron chi connectivity index (χ0n) is 18.2. The molecule has 2 aromatic rings. The molecule has 0 atom stereocenters. The number of anilines is 5. The molecule has 2 aliphatic rings. The van der Waals surface area contributed by atoms with Crippen LogP contribution in [0.15, 0.2) is 96.6 Å². The second-order valence-electron chi connectivity index (χ2n) is 7.43. The number of hydrogen-bond donors (Lipinski definition) is 4. The highest BCUT2D eigenvalue weighted by Crippen LogP contribution is 2.36. The van der Waals surface area contributed by atoms with Crippen LogP contribution in [0.2, 0.25) is 0 Å². The van der Waals surface area contributed by atoms with Crippen LogP contribution in [-0.2, 0) is 0 Å². The van der Waals surface area contributed by atoms with Gasteiger partial charge >= 0.3 is 0 Å². The second-order valence-corrected chi connectivity index (χ2v) is 7.43. The summed E-state index contributed by atoms with van der Waals surface area (Å²) < 4.78 is 0. The van der Waals surface area contributed by atoms with Gasteiger partial charge < -0.3 is 25.4 Å². The summed E-state index contributed by atoms with van der Waals surface area (Å²) >= 11 is 0. The fourth-order valence-corrected chi connectivity index (χ4v) is 3.56. The molecule has 0 spiro atoms. The Hall–Kier alpha value is -4.70. The molecule has 186 valence electrons. The van der Waals surface area contributed by atoms with Gasteiger partial charge in [0, 0.05) is 36.6 Å². The number of allylic oxidation sites excluding steroid dienone is 6. The number of benzene rings is 2. The summed E-state index contributed by atoms with van der Waals surface area (Å²) in [6, 6.07) is 7.36. The van der Waals surface area contributed by atoms with Crippen LogP contribution < -0.4 is 25.5 Å². The van der Waals surface area contributed by atoms with Crippen molar-refractivity contribution >= 4 is 34.1 Å². The molecule has 0 radical (unpaired) electrons. The third kappa shape index (κ3) is 4.89. The van der Waals surface area contributed by atoms with Gasteiger partial charge in [-0.05, 0) is 65.8 Å². The Balaban J connectivity index is 1.56. The van der Waals surface area contributed by atoms with Gasteiger partial charge in [-0.2, -0.15) is 0 Å². The molecule has 36 heavy (non-hydrogen) atoms. The number of nitro groups is 1. The van der Waals surface area contributed by atoms with E-state index in [4.69, 9.17) is 10.4 Å². The molecule has 14 heteroatoms. The summed E-state index contributed by atoms with van der Waals surface area (Å²) in [5.41, 5.74) is 1.03. The summed E-state index contributed by atoms with van der Waals surface area (Å²) in [7, 11) is 0. The molecule has 0 saturated heterocycles. The molecule has 0 bridgehead atoms. The molecule has 0 fully saturated rings. The lowest BCUT2D eigenvalue weighted by Crippen LogP contribution is -2.19. The Bertz CT molecular complexity index is 1300. The Morgan fingerprint density at radius 3 is 1.67 bits per heavy atom. The highest BCUT2D eigenvalue weighted by molar-refractivity contribution is 5.77. The third-order valence-electron chi connectivity index (χ3n) is 5.32. The SMILES string of the molecule is O=[N+]([O-])c1cc(N([O-])[O-])ccc1N1C=CC(=C2C=CN(c3ccc(N(O)O)cc3N(O)O)C=C2)C=C1. The van der Waals surface area contributed by atoms with Crippen molar-refractivity contribution < 1.29 is 25.8 Å². The highest BCUT2D eigenvalue weighted by Gasteiger charge is 2.20. The van der Waals surface area contributed by atoms with Crippen molar-refractivity contribution in [1.82, 2.24) is 0 Å². The maximum atomic E-state index is 11.4. The predicted octanol–water partition coefficient (Wildman–Crippen LogP) is 4.26. The minimum atomic E-state index is -0.698. The fourth-order valence-electron chi connectivity index (χ4n) is 3.56. The van der Waals surface area contributed by atoms with Gasteiger partial charge in [0.1, 0.15) is 11.4 Å². The lowest BCUT2D eigenvalue weighted by atomic mass is 10.0. The molecular formula is C22H18N6O8-2. The topological polar surface area (TPSA) is 186 Å². The zero-order valence-corrected chi connectivity index (χ0v) is 18.2. The van der Waals surface area contributed by atoms with E-state index >= 15 is 0 Å². The average molecular weight is 494 g/mol. The molecule has 2 heterocycles. The van der Waals surface area contributed by atoms with E-state index in [9.17, 15) is 30.9 Å². The van der Waals surface area contributed by atoms with Gasteiger partial charge in [0.15, 0.2) is 0 Å². The van der Waals surface area contributed by atoms with E-state index in [2.05, 4.69) is 0 Å². The molecule has 2 aliphatic heterocycles. The zero-order chi connectivity index (χ0) is 26.0. The first kappa shape index (κ1) is 24.4. The first-order valence-corrected chi connectivity index (χ1v) is 10.1. The Labute approximate surface area is 203 Å². The Morgan fingerprint density at radius 1 is 0.694 bits per heavy atom. The maximum absolute atomic E-state index is 11.4. The van der Waals surface area contributed by atoms with Gasteiger partial charge in [0.25, 0.3) is 5.69 Å². The Morgan fingerprint density at radius 2 is 1.19 bits per heavy atom. The smallest absolute Gasteiger partial charge is 0.295 e. The van der Waals surface area contributed by atoms with Crippen LogP contribution in [0.25, 0.3) is 0 Å². The van der Waals surface area contributed by atoms with Crippen molar-refractivity contribution in [2.75, 3.05) is 25.5 Å². The van der Waals surface area contributed by atoms with Crippen molar-refractivity contribution in [3.63, 3.8) is 0 Å². The predicted molar refractivity (Wildman–Crippen MR) is 129 cm³/mol. The number of nitrogens with zero attached hydrogens (tertiary/aromatic N) is 6. The van der Waals surface area contributed by atoms with E-state index in [1.807, 2.05) is 0 Å². The first-order valence-electron chi connectivity index (χ1n) is 10.1. The van der Waals surface area contributed by atoms with Crippen LogP contribution in [0.1, 0.15) is 0 Å². The van der Waals surface area contributed by atoms with E-state index in [1.165, 1.54) is 29.2 Å². The van der Waals surface area contributed by atoms with Crippen molar-refractivity contribution in [3.05, 3.63) is 117 Å². The molecule has 4 rings (SSSR count). The Kier molecular flexibility index (Phi) is 6.71. The van der Waals surface area contributed by atoms with E-state index in [1.54, 1.807) is 54.0 Å². The molecule has 0 saturated carbocycles. The summed E-state index contributed by atoms with van der Waals surface area (Å²) in [6.45, 7) is 0. The first-order chi connectivity index (χ1) is 17.2. The number of hydrogen-bond acceptors (Lipinski definition) is 13. The lowest BCUT2D eigenvalue weighted by molar-refractivity contribution is -0.384. The van der Waals surface area contributed by atoms with Crippen molar-refractivity contribution in [2.45, 2.75) is 0 Å². The summed E-state index contributed by atoms with van der Waals surface area (Å²) in [6.07, 6.45) is 13.4. The van der Waals surface area contributed by atoms with Crippen LogP contribution >= 0.6 is 0 Å². The molecule has 0 aliphatic carbocycles. The molecule has 0 unspecified atom stereocenters.